The maximum atomic E-state index is 13.3. The number of carbonyl (C=O) groups is 4. The Morgan fingerprint density at radius 3 is 2.10 bits per heavy atom. The number of anilines is 6. The van der Waals surface area contributed by atoms with Crippen LogP contribution in [0.2, 0.25) is 5.02 Å². The SMILES string of the molecule is O=C(C[C@@H]1CCCN(c2nc3cccnc3o2)C1)Nc1ccc2cc1CCc1cncc(c1)Nc1ncc(Cl)c(n1)N2.O=C(O)C(F)(F)F.O=C(O)C(F)(F)F.O=C(O)C(F)(F)F. The maximum Gasteiger partial charge on any atom is 0.490 e. The van der Waals surface area contributed by atoms with Crippen LogP contribution in [0, 0.1) is 5.92 Å². The van der Waals surface area contributed by atoms with Gasteiger partial charge in [0.2, 0.25) is 17.6 Å². The molecule has 1 saturated heterocycles. The van der Waals surface area contributed by atoms with Crippen LogP contribution in [0.4, 0.5) is 74.4 Å². The Bertz CT molecular complexity index is 2330. The molecule has 1 atom stereocenters. The lowest BCUT2D eigenvalue weighted by Gasteiger charge is -2.31. The number of aryl methyl sites for hydroxylation is 2. The fourth-order valence-corrected chi connectivity index (χ4v) is 5.65. The zero-order valence-corrected chi connectivity index (χ0v) is 32.4. The summed E-state index contributed by atoms with van der Waals surface area (Å²) in [5, 5.41) is 31.4. The number of carbonyl (C=O) groups excluding carboxylic acids is 1. The van der Waals surface area contributed by atoms with Crippen LogP contribution in [-0.2, 0) is 32.0 Å². The van der Waals surface area contributed by atoms with Crippen LogP contribution in [-0.4, -0.2) is 95.7 Å². The number of carboxylic acid groups (broad SMARTS) is 3. The smallest absolute Gasteiger partial charge is 0.475 e. The first-order valence-corrected chi connectivity index (χ1v) is 18.1. The molecular formula is C36H31ClF9N9O8. The van der Waals surface area contributed by atoms with E-state index in [2.05, 4.69) is 45.8 Å². The fraction of sp³-hybridized carbons (Fsp3) is 0.306. The zero-order chi connectivity index (χ0) is 46.7. The van der Waals surface area contributed by atoms with E-state index < -0.39 is 36.4 Å². The molecule has 6 heterocycles. The van der Waals surface area contributed by atoms with Crippen LogP contribution in [0.15, 0.2) is 65.6 Å². The Kier molecular flexibility index (Phi) is 16.0. The molecule has 1 aromatic carbocycles. The normalized spacial score (nSPS) is 14.7. The van der Waals surface area contributed by atoms with Crippen molar-refractivity contribution in [1.29, 1.82) is 0 Å². The summed E-state index contributed by atoms with van der Waals surface area (Å²) in [6, 6.07) is 12.2. The summed E-state index contributed by atoms with van der Waals surface area (Å²) >= 11 is 6.39. The summed E-state index contributed by atoms with van der Waals surface area (Å²) in [4.78, 5) is 64.2. The van der Waals surface area contributed by atoms with E-state index in [1.807, 2.05) is 42.6 Å². The van der Waals surface area contributed by atoms with Crippen LogP contribution in [0.1, 0.15) is 30.4 Å². The minimum absolute atomic E-state index is 0.0164. The lowest BCUT2D eigenvalue weighted by atomic mass is 9.94. The lowest BCUT2D eigenvalue weighted by Crippen LogP contribution is -2.37. The molecule has 0 aliphatic carbocycles. The number of aromatic nitrogens is 5. The minimum Gasteiger partial charge on any atom is -0.475 e. The zero-order valence-electron chi connectivity index (χ0n) is 31.6. The quantitative estimate of drug-likeness (QED) is 0.0942. The second-order valence-corrected chi connectivity index (χ2v) is 13.4. The third-order valence-corrected chi connectivity index (χ3v) is 8.54. The van der Waals surface area contributed by atoms with Gasteiger partial charge in [-0.15, -0.1) is 0 Å². The van der Waals surface area contributed by atoms with Crippen molar-refractivity contribution in [3.05, 3.63) is 77.3 Å². The van der Waals surface area contributed by atoms with Crippen molar-refractivity contribution in [2.45, 2.75) is 50.6 Å². The number of rotatable bonds is 4. The summed E-state index contributed by atoms with van der Waals surface area (Å²) in [5.74, 6) is -7.21. The second kappa shape index (κ2) is 20.7. The topological polar surface area (TPSA) is 246 Å². The Morgan fingerprint density at radius 2 is 1.48 bits per heavy atom. The summed E-state index contributed by atoms with van der Waals surface area (Å²) in [6.07, 6.45) is -4.64. The van der Waals surface area contributed by atoms with Gasteiger partial charge in [0.15, 0.2) is 5.82 Å². The maximum absolute atomic E-state index is 13.3. The Labute approximate surface area is 352 Å². The van der Waals surface area contributed by atoms with Crippen LogP contribution in [0.3, 0.4) is 0 Å². The van der Waals surface area contributed by atoms with Gasteiger partial charge in [-0.1, -0.05) is 11.6 Å². The van der Waals surface area contributed by atoms with Gasteiger partial charge in [-0.3, -0.25) is 9.78 Å². The van der Waals surface area contributed by atoms with Gasteiger partial charge < -0.3 is 40.6 Å². The average Bonchev–Trinajstić information content (AvgIpc) is 3.64. The predicted molar refractivity (Wildman–Crippen MR) is 203 cm³/mol. The Morgan fingerprint density at radius 1 is 0.825 bits per heavy atom. The average molecular weight is 924 g/mol. The summed E-state index contributed by atoms with van der Waals surface area (Å²) < 4.78 is 101. The number of hydrogen-bond donors (Lipinski definition) is 6. The highest BCUT2D eigenvalue weighted by Crippen LogP contribution is 2.31. The number of aliphatic carboxylic acids is 3. The number of nitrogens with one attached hydrogen (secondary N) is 3. The second-order valence-electron chi connectivity index (χ2n) is 13.0. The number of oxazole rings is 1. The van der Waals surface area contributed by atoms with Crippen molar-refractivity contribution in [2.75, 3.05) is 33.9 Å². The van der Waals surface area contributed by atoms with Crippen molar-refractivity contribution < 1.29 is 78.4 Å². The number of amides is 1. The van der Waals surface area contributed by atoms with Gasteiger partial charge in [0.05, 0.1) is 18.1 Å². The summed E-state index contributed by atoms with van der Waals surface area (Å²) in [7, 11) is 0. The van der Waals surface area contributed by atoms with E-state index in [9.17, 15) is 44.3 Å². The number of fused-ring (bicyclic) bond motifs is 7. The fourth-order valence-electron chi connectivity index (χ4n) is 5.52. The third-order valence-electron chi connectivity index (χ3n) is 8.27. The summed E-state index contributed by atoms with van der Waals surface area (Å²) in [5.41, 5.74) is 5.71. The first-order chi connectivity index (χ1) is 29.4. The molecule has 6 bridgehead atoms. The highest BCUT2D eigenvalue weighted by atomic mass is 35.5. The van der Waals surface area contributed by atoms with E-state index >= 15 is 0 Å². The van der Waals surface area contributed by atoms with Gasteiger partial charge in [0.1, 0.15) is 10.5 Å². The first kappa shape index (κ1) is 48.7. The van der Waals surface area contributed by atoms with Gasteiger partial charge in [0.25, 0.3) is 6.01 Å². The molecule has 17 nitrogen and oxygen atoms in total. The van der Waals surface area contributed by atoms with Crippen molar-refractivity contribution in [3.63, 3.8) is 0 Å². The van der Waals surface area contributed by atoms with Crippen LogP contribution in [0.5, 0.6) is 0 Å². The lowest BCUT2D eigenvalue weighted by molar-refractivity contribution is -0.193. The third kappa shape index (κ3) is 15.2. The standard InChI is InChI=1S/C30H28ClN9O2.3C2HF3O2/c31-23-16-34-29-36-22-11-18(14-32-15-22)5-6-20-13-21(35-27(23)39-29)7-8-24(20)37-26(41)12-19-3-2-10-40(17-19)30-38-25-4-1-9-33-28(25)42-30;3*3-2(4,5)1(6)7/h1,4,7-9,11,13-16,19H,2-3,5-6,10,12,17H2,(H,37,41)(H2,34,35,36,39);3*(H,6,7)/t19-;;;/m0.../s1. The van der Waals surface area contributed by atoms with Crippen molar-refractivity contribution >= 4 is 81.5 Å². The van der Waals surface area contributed by atoms with E-state index in [-0.39, 0.29) is 11.8 Å². The molecule has 63 heavy (non-hydrogen) atoms. The van der Waals surface area contributed by atoms with Crippen molar-refractivity contribution in [2.24, 2.45) is 5.92 Å². The number of benzene rings is 1. The van der Waals surface area contributed by atoms with Crippen LogP contribution in [0.25, 0.3) is 11.2 Å². The van der Waals surface area contributed by atoms with E-state index in [1.54, 1.807) is 18.6 Å². The van der Waals surface area contributed by atoms with Gasteiger partial charge in [-0.2, -0.15) is 49.5 Å². The molecule has 0 radical (unpaired) electrons. The molecule has 2 aliphatic heterocycles. The van der Waals surface area contributed by atoms with Crippen LogP contribution >= 0.6 is 11.6 Å². The Balaban J connectivity index is 0.000000344. The number of alkyl halides is 9. The number of hydrogen-bond acceptors (Lipinski definition) is 13. The molecule has 1 fully saturated rings. The van der Waals surface area contributed by atoms with Crippen molar-refractivity contribution in [3.8, 4) is 0 Å². The molecule has 5 aromatic rings. The largest absolute Gasteiger partial charge is 0.490 e. The number of nitrogens with zero attached hydrogens (tertiary/aromatic N) is 6. The molecule has 6 N–H and O–H groups in total. The molecule has 4 aromatic heterocycles. The molecule has 338 valence electrons. The van der Waals surface area contributed by atoms with Gasteiger partial charge in [-0.05, 0) is 79.1 Å². The van der Waals surface area contributed by atoms with E-state index in [0.717, 1.165) is 59.5 Å². The van der Waals surface area contributed by atoms with E-state index in [0.29, 0.717) is 47.9 Å². The number of pyridine rings is 2. The molecule has 27 heteroatoms. The van der Waals surface area contributed by atoms with Gasteiger partial charge in [0, 0.05) is 43.3 Å². The monoisotopic (exact) mass is 923 g/mol. The van der Waals surface area contributed by atoms with Crippen LogP contribution < -0.4 is 20.9 Å². The highest BCUT2D eigenvalue weighted by Gasteiger charge is 2.39. The number of piperidine rings is 1. The minimum atomic E-state index is -5.08. The molecule has 0 unspecified atom stereocenters. The summed E-state index contributed by atoms with van der Waals surface area (Å²) in [6.45, 7) is 1.54. The van der Waals surface area contributed by atoms with Crippen molar-refractivity contribution in [1.82, 2.24) is 24.9 Å². The van der Waals surface area contributed by atoms with E-state index in [4.69, 9.17) is 45.7 Å². The molecule has 0 saturated carbocycles. The molecular weight excluding hydrogens is 893 g/mol. The highest BCUT2D eigenvalue weighted by molar-refractivity contribution is 6.32. The number of halogens is 10. The molecule has 0 spiro atoms. The van der Waals surface area contributed by atoms with Gasteiger partial charge >= 0.3 is 36.4 Å². The number of carboxylic acids is 3. The predicted octanol–water partition coefficient (Wildman–Crippen LogP) is 7.79. The first-order valence-electron chi connectivity index (χ1n) is 17.7. The molecule has 1 amide bonds. The molecule has 7 rings (SSSR count). The Hall–Kier alpha value is -6.99. The van der Waals surface area contributed by atoms with E-state index in [1.165, 1.54) is 0 Å². The molecule has 2 aliphatic rings. The van der Waals surface area contributed by atoms with Gasteiger partial charge in [-0.25, -0.2) is 24.4 Å².